The molecule has 0 saturated carbocycles. The van der Waals surface area contributed by atoms with E-state index in [2.05, 4.69) is 21.0 Å². The Bertz CT molecular complexity index is 134. The molecule has 0 aliphatic rings. The quantitative estimate of drug-likeness (QED) is 0.440. The molecular weight excluding hydrogens is 186 g/mol. The summed E-state index contributed by atoms with van der Waals surface area (Å²) in [7, 11) is 4.40. The summed E-state index contributed by atoms with van der Waals surface area (Å²) in [5, 5.41) is 8.89. The van der Waals surface area contributed by atoms with Crippen molar-refractivity contribution in [1.82, 2.24) is 0 Å². The van der Waals surface area contributed by atoms with Gasteiger partial charge in [0.25, 0.3) is 0 Å². The second kappa shape index (κ2) is 9.17. The van der Waals surface area contributed by atoms with Crippen LogP contribution in [0, 0.1) is 0 Å². The minimum absolute atomic E-state index is 0.309. The molecule has 2 heteroatoms. The Hall–Kier alpha value is -0.0800. The van der Waals surface area contributed by atoms with E-state index in [0.717, 1.165) is 11.0 Å². The fourth-order valence-electron chi connectivity index (χ4n) is 1.88. The van der Waals surface area contributed by atoms with Gasteiger partial charge in [-0.05, 0) is 12.8 Å². The number of hydrogen-bond acceptors (Lipinski definition) is 1. The molecule has 0 heterocycles. The Balaban J connectivity index is 3.22. The minimum atomic E-state index is 0.309. The molecule has 0 spiro atoms. The van der Waals surface area contributed by atoms with Gasteiger partial charge in [0, 0.05) is 0 Å². The number of rotatable bonds is 10. The molecule has 0 unspecified atom stereocenters. The van der Waals surface area contributed by atoms with Crippen molar-refractivity contribution in [1.29, 1.82) is 0 Å². The molecule has 0 aliphatic heterocycles. The van der Waals surface area contributed by atoms with E-state index in [0.29, 0.717) is 6.61 Å². The molecule has 0 rings (SSSR count). The van der Waals surface area contributed by atoms with Crippen LogP contribution in [0.5, 0.6) is 0 Å². The van der Waals surface area contributed by atoms with E-state index >= 15 is 0 Å². The first kappa shape index (κ1) is 14.9. The maximum Gasteiger partial charge on any atom is 0.102 e. The summed E-state index contributed by atoms with van der Waals surface area (Å²) in [6.07, 6.45) is 9.59. The lowest BCUT2D eigenvalue weighted by Crippen LogP contribution is -2.42. The molecular formula is C13H30NO+. The highest BCUT2D eigenvalue weighted by Crippen LogP contribution is 2.08. The van der Waals surface area contributed by atoms with Crippen LogP contribution in [-0.4, -0.2) is 43.4 Å². The van der Waals surface area contributed by atoms with Gasteiger partial charge in [-0.1, -0.05) is 39.0 Å². The third-order valence-electron chi connectivity index (χ3n) is 3.07. The Morgan fingerprint density at radius 1 is 0.800 bits per heavy atom. The summed E-state index contributed by atoms with van der Waals surface area (Å²) < 4.78 is 0.964. The van der Waals surface area contributed by atoms with Crippen LogP contribution in [0.4, 0.5) is 0 Å². The van der Waals surface area contributed by atoms with Crippen molar-refractivity contribution in [2.75, 3.05) is 33.8 Å². The van der Waals surface area contributed by atoms with Gasteiger partial charge in [-0.25, -0.2) is 0 Å². The first-order valence-electron chi connectivity index (χ1n) is 6.55. The van der Waals surface area contributed by atoms with Crippen molar-refractivity contribution < 1.29 is 9.59 Å². The van der Waals surface area contributed by atoms with E-state index in [1.54, 1.807) is 0 Å². The number of nitrogens with zero attached hydrogens (tertiary/aromatic N) is 1. The SMILES string of the molecule is CCCCCCCCC[N+](C)(C)CCO. The van der Waals surface area contributed by atoms with E-state index in [9.17, 15) is 0 Å². The van der Waals surface area contributed by atoms with E-state index < -0.39 is 0 Å². The van der Waals surface area contributed by atoms with Gasteiger partial charge < -0.3 is 9.59 Å². The largest absolute Gasteiger partial charge is 0.391 e. The topological polar surface area (TPSA) is 20.2 Å². The molecule has 0 atom stereocenters. The number of aliphatic hydroxyl groups excluding tert-OH is 1. The molecule has 0 aromatic heterocycles. The van der Waals surface area contributed by atoms with Gasteiger partial charge in [0.05, 0.1) is 27.2 Å². The lowest BCUT2D eigenvalue weighted by molar-refractivity contribution is -0.890. The summed E-state index contributed by atoms with van der Waals surface area (Å²) in [5.41, 5.74) is 0. The zero-order valence-corrected chi connectivity index (χ0v) is 11.0. The van der Waals surface area contributed by atoms with Gasteiger partial charge in [0.2, 0.25) is 0 Å². The van der Waals surface area contributed by atoms with Crippen LogP contribution in [0.25, 0.3) is 0 Å². The fraction of sp³-hybridized carbons (Fsp3) is 1.00. The predicted molar refractivity (Wildman–Crippen MR) is 66.9 cm³/mol. The molecule has 15 heavy (non-hydrogen) atoms. The standard InChI is InChI=1S/C13H30NO/c1-4-5-6-7-8-9-10-11-14(2,3)12-13-15/h15H,4-13H2,1-3H3/q+1. The summed E-state index contributed by atoms with van der Waals surface area (Å²) in [6.45, 7) is 4.66. The van der Waals surface area contributed by atoms with Crippen molar-refractivity contribution in [2.24, 2.45) is 0 Å². The van der Waals surface area contributed by atoms with Gasteiger partial charge in [-0.3, -0.25) is 0 Å². The Morgan fingerprint density at radius 2 is 1.33 bits per heavy atom. The van der Waals surface area contributed by atoms with Crippen LogP contribution in [0.3, 0.4) is 0 Å². The molecule has 1 N–H and O–H groups in total. The van der Waals surface area contributed by atoms with E-state index in [1.807, 2.05) is 0 Å². The average molecular weight is 216 g/mol. The van der Waals surface area contributed by atoms with Crippen molar-refractivity contribution >= 4 is 0 Å². The van der Waals surface area contributed by atoms with Gasteiger partial charge >= 0.3 is 0 Å². The average Bonchev–Trinajstić information content (AvgIpc) is 2.16. The Labute approximate surface area is 95.9 Å². The first-order valence-corrected chi connectivity index (χ1v) is 6.55. The molecule has 0 fully saturated rings. The van der Waals surface area contributed by atoms with Crippen molar-refractivity contribution in [3.05, 3.63) is 0 Å². The Morgan fingerprint density at radius 3 is 1.87 bits per heavy atom. The number of hydrogen-bond donors (Lipinski definition) is 1. The normalized spacial score (nSPS) is 12.0. The van der Waals surface area contributed by atoms with Crippen LogP contribution in [0.15, 0.2) is 0 Å². The van der Waals surface area contributed by atoms with Crippen LogP contribution in [0.1, 0.15) is 51.9 Å². The van der Waals surface area contributed by atoms with E-state index in [4.69, 9.17) is 5.11 Å². The van der Waals surface area contributed by atoms with Crippen LogP contribution in [-0.2, 0) is 0 Å². The molecule has 2 nitrogen and oxygen atoms in total. The molecule has 0 amide bonds. The smallest absolute Gasteiger partial charge is 0.102 e. The first-order chi connectivity index (χ1) is 7.12. The monoisotopic (exact) mass is 216 g/mol. The zero-order valence-electron chi connectivity index (χ0n) is 11.0. The van der Waals surface area contributed by atoms with Crippen molar-refractivity contribution in [2.45, 2.75) is 51.9 Å². The van der Waals surface area contributed by atoms with Crippen LogP contribution in [0.2, 0.25) is 0 Å². The Kier molecular flexibility index (Phi) is 9.12. The minimum Gasteiger partial charge on any atom is -0.391 e. The van der Waals surface area contributed by atoms with Crippen LogP contribution >= 0.6 is 0 Å². The molecule has 0 bridgehead atoms. The van der Waals surface area contributed by atoms with Crippen LogP contribution < -0.4 is 0 Å². The summed E-state index contributed by atoms with van der Waals surface area (Å²) in [5.74, 6) is 0. The second-order valence-electron chi connectivity index (χ2n) is 5.23. The third-order valence-corrected chi connectivity index (χ3v) is 3.07. The maximum atomic E-state index is 8.89. The van der Waals surface area contributed by atoms with Gasteiger partial charge in [0.1, 0.15) is 6.54 Å². The summed E-state index contributed by atoms with van der Waals surface area (Å²) >= 11 is 0. The highest BCUT2D eigenvalue weighted by atomic mass is 16.3. The number of quaternary nitrogens is 1. The molecule has 0 saturated heterocycles. The molecule has 0 aromatic rings. The van der Waals surface area contributed by atoms with E-state index in [1.165, 1.54) is 51.5 Å². The number of unbranched alkanes of at least 4 members (excludes halogenated alkanes) is 6. The zero-order chi connectivity index (χ0) is 11.6. The predicted octanol–water partition coefficient (Wildman–Crippen LogP) is 2.81. The molecule has 0 radical (unpaired) electrons. The van der Waals surface area contributed by atoms with Crippen molar-refractivity contribution in [3.63, 3.8) is 0 Å². The third kappa shape index (κ3) is 10.2. The number of likely N-dealkylation sites (N-methyl/N-ethyl adjacent to an activating group) is 1. The van der Waals surface area contributed by atoms with Gasteiger partial charge in [0.15, 0.2) is 0 Å². The van der Waals surface area contributed by atoms with Crippen molar-refractivity contribution in [3.8, 4) is 0 Å². The summed E-state index contributed by atoms with van der Waals surface area (Å²) in [4.78, 5) is 0. The lowest BCUT2D eigenvalue weighted by atomic mass is 10.1. The summed E-state index contributed by atoms with van der Waals surface area (Å²) in [6, 6.07) is 0. The maximum absolute atomic E-state index is 8.89. The second-order valence-corrected chi connectivity index (χ2v) is 5.23. The molecule has 0 aromatic carbocycles. The van der Waals surface area contributed by atoms with E-state index in [-0.39, 0.29) is 0 Å². The highest BCUT2D eigenvalue weighted by Gasteiger charge is 2.12. The van der Waals surface area contributed by atoms with Gasteiger partial charge in [-0.15, -0.1) is 0 Å². The highest BCUT2D eigenvalue weighted by molar-refractivity contribution is 4.45. The van der Waals surface area contributed by atoms with Gasteiger partial charge in [-0.2, -0.15) is 0 Å². The molecule has 92 valence electrons. The lowest BCUT2D eigenvalue weighted by Gasteiger charge is -2.28. The fourth-order valence-corrected chi connectivity index (χ4v) is 1.88. The molecule has 0 aliphatic carbocycles. The number of aliphatic hydroxyl groups is 1.